The molecular weight excluding hydrogens is 284 g/mol. The maximum absolute atomic E-state index is 12.4. The Morgan fingerprint density at radius 1 is 1.00 bits per heavy atom. The summed E-state index contributed by atoms with van der Waals surface area (Å²) >= 11 is 0. The molecule has 122 valence electrons. The Labute approximate surface area is 138 Å². The van der Waals surface area contributed by atoms with Gasteiger partial charge in [0.05, 0.1) is 5.54 Å². The Bertz CT molecular complexity index is 682. The number of hydrogen-bond donors (Lipinski definition) is 2. The zero-order valence-electron chi connectivity index (χ0n) is 14.1. The van der Waals surface area contributed by atoms with Gasteiger partial charge in [-0.05, 0) is 43.0 Å². The number of urea groups is 1. The lowest BCUT2D eigenvalue weighted by Crippen LogP contribution is -2.49. The summed E-state index contributed by atoms with van der Waals surface area (Å²) in [5.41, 5.74) is 0.731. The van der Waals surface area contributed by atoms with Gasteiger partial charge in [-0.1, -0.05) is 61.7 Å². The van der Waals surface area contributed by atoms with Crippen LogP contribution in [-0.2, 0) is 5.54 Å². The van der Waals surface area contributed by atoms with Gasteiger partial charge in [0.2, 0.25) is 0 Å². The zero-order valence-corrected chi connectivity index (χ0v) is 14.1. The van der Waals surface area contributed by atoms with E-state index in [0.717, 1.165) is 18.4 Å². The SMILES string of the molecule is CC(C)(NC(=O)NC1CCCCC1)c1cccc2ccccc12. The van der Waals surface area contributed by atoms with Crippen LogP contribution in [0.15, 0.2) is 42.5 Å². The second-order valence-electron chi connectivity index (χ2n) is 7.09. The van der Waals surface area contributed by atoms with Crippen LogP contribution in [0, 0.1) is 0 Å². The summed E-state index contributed by atoms with van der Waals surface area (Å²) in [6.45, 7) is 4.13. The third-order valence-electron chi connectivity index (χ3n) is 4.83. The van der Waals surface area contributed by atoms with Gasteiger partial charge in [-0.3, -0.25) is 0 Å². The molecule has 3 nitrogen and oxygen atoms in total. The number of hydrogen-bond acceptors (Lipinski definition) is 1. The van der Waals surface area contributed by atoms with Crippen molar-refractivity contribution < 1.29 is 4.79 Å². The Kier molecular flexibility index (Phi) is 4.56. The first kappa shape index (κ1) is 15.9. The van der Waals surface area contributed by atoms with Gasteiger partial charge in [-0.15, -0.1) is 0 Å². The molecule has 0 bridgehead atoms. The van der Waals surface area contributed by atoms with E-state index in [2.05, 4.69) is 54.8 Å². The van der Waals surface area contributed by atoms with E-state index in [1.54, 1.807) is 0 Å². The van der Waals surface area contributed by atoms with Crippen molar-refractivity contribution in [1.29, 1.82) is 0 Å². The molecule has 1 saturated carbocycles. The van der Waals surface area contributed by atoms with Gasteiger partial charge in [0.25, 0.3) is 0 Å². The fourth-order valence-corrected chi connectivity index (χ4v) is 3.59. The van der Waals surface area contributed by atoms with Gasteiger partial charge in [0.1, 0.15) is 0 Å². The van der Waals surface area contributed by atoms with Gasteiger partial charge in [0, 0.05) is 6.04 Å². The molecule has 0 unspecified atom stereocenters. The van der Waals surface area contributed by atoms with Crippen LogP contribution in [0.1, 0.15) is 51.5 Å². The fourth-order valence-electron chi connectivity index (χ4n) is 3.59. The lowest BCUT2D eigenvalue weighted by atomic mass is 9.89. The minimum Gasteiger partial charge on any atom is -0.335 e. The summed E-state index contributed by atoms with van der Waals surface area (Å²) in [5.74, 6) is 0. The van der Waals surface area contributed by atoms with E-state index in [1.807, 2.05) is 12.1 Å². The first-order chi connectivity index (χ1) is 11.1. The lowest BCUT2D eigenvalue weighted by Gasteiger charge is -2.30. The molecule has 0 aromatic heterocycles. The van der Waals surface area contributed by atoms with Crippen molar-refractivity contribution in [2.75, 3.05) is 0 Å². The van der Waals surface area contributed by atoms with E-state index in [1.165, 1.54) is 30.0 Å². The quantitative estimate of drug-likeness (QED) is 0.847. The third-order valence-corrected chi connectivity index (χ3v) is 4.83. The third kappa shape index (κ3) is 3.66. The minimum absolute atomic E-state index is 0.0603. The molecule has 2 aromatic carbocycles. The van der Waals surface area contributed by atoms with E-state index in [0.29, 0.717) is 6.04 Å². The highest BCUT2D eigenvalue weighted by molar-refractivity contribution is 5.87. The molecule has 0 atom stereocenters. The van der Waals surface area contributed by atoms with Crippen molar-refractivity contribution in [3.8, 4) is 0 Å². The molecule has 0 heterocycles. The number of amides is 2. The predicted octanol–water partition coefficient (Wildman–Crippen LogP) is 4.71. The van der Waals surface area contributed by atoms with Crippen LogP contribution in [0.4, 0.5) is 4.79 Å². The standard InChI is InChI=1S/C20H26N2O/c1-20(2,22-19(23)21-16-11-4-3-5-12-16)18-14-8-10-15-9-6-7-13-17(15)18/h6-10,13-14,16H,3-5,11-12H2,1-2H3,(H2,21,22,23). The zero-order chi connectivity index (χ0) is 16.3. The molecule has 2 amide bonds. The highest BCUT2D eigenvalue weighted by Gasteiger charge is 2.26. The van der Waals surface area contributed by atoms with E-state index in [4.69, 9.17) is 0 Å². The predicted molar refractivity (Wildman–Crippen MR) is 95.5 cm³/mol. The summed E-state index contributed by atoms with van der Waals surface area (Å²) in [4.78, 5) is 12.4. The summed E-state index contributed by atoms with van der Waals surface area (Å²) < 4.78 is 0. The van der Waals surface area contributed by atoms with Crippen LogP contribution in [0.5, 0.6) is 0 Å². The highest BCUT2D eigenvalue weighted by Crippen LogP contribution is 2.28. The molecule has 3 rings (SSSR count). The Hall–Kier alpha value is -2.03. The molecule has 1 aliphatic rings. The maximum atomic E-state index is 12.4. The lowest BCUT2D eigenvalue weighted by molar-refractivity contribution is 0.222. The van der Waals surface area contributed by atoms with Crippen LogP contribution < -0.4 is 10.6 Å². The van der Waals surface area contributed by atoms with E-state index in [9.17, 15) is 4.79 Å². The largest absolute Gasteiger partial charge is 0.335 e. The summed E-state index contributed by atoms with van der Waals surface area (Å²) in [6.07, 6.45) is 5.93. The van der Waals surface area contributed by atoms with Crippen molar-refractivity contribution in [1.82, 2.24) is 10.6 Å². The molecule has 0 radical (unpaired) electrons. The Morgan fingerprint density at radius 3 is 2.48 bits per heavy atom. The summed E-state index contributed by atoms with van der Waals surface area (Å²) in [7, 11) is 0. The van der Waals surface area contributed by atoms with Crippen LogP contribution in [0.2, 0.25) is 0 Å². The number of fused-ring (bicyclic) bond motifs is 1. The number of carbonyl (C=O) groups is 1. The average molecular weight is 310 g/mol. The van der Waals surface area contributed by atoms with Gasteiger partial charge < -0.3 is 10.6 Å². The van der Waals surface area contributed by atoms with Gasteiger partial charge in [-0.2, -0.15) is 0 Å². The minimum atomic E-state index is -0.417. The second kappa shape index (κ2) is 6.61. The number of nitrogens with one attached hydrogen (secondary N) is 2. The summed E-state index contributed by atoms with van der Waals surface area (Å²) in [5, 5.41) is 8.70. The van der Waals surface area contributed by atoms with Crippen LogP contribution in [-0.4, -0.2) is 12.1 Å². The highest BCUT2D eigenvalue weighted by atomic mass is 16.2. The molecule has 0 spiro atoms. The molecule has 1 aliphatic carbocycles. The first-order valence-corrected chi connectivity index (χ1v) is 8.63. The molecule has 2 N–H and O–H groups in total. The molecule has 1 fully saturated rings. The van der Waals surface area contributed by atoms with Crippen molar-refractivity contribution in [3.63, 3.8) is 0 Å². The molecule has 0 aliphatic heterocycles. The number of rotatable bonds is 3. The second-order valence-corrected chi connectivity index (χ2v) is 7.09. The van der Waals surface area contributed by atoms with E-state index >= 15 is 0 Å². The fraction of sp³-hybridized carbons (Fsp3) is 0.450. The van der Waals surface area contributed by atoms with Gasteiger partial charge in [0.15, 0.2) is 0 Å². The van der Waals surface area contributed by atoms with Crippen LogP contribution in [0.25, 0.3) is 10.8 Å². The topological polar surface area (TPSA) is 41.1 Å². The van der Waals surface area contributed by atoms with Crippen molar-refractivity contribution >= 4 is 16.8 Å². The van der Waals surface area contributed by atoms with Crippen molar-refractivity contribution in [3.05, 3.63) is 48.0 Å². The summed E-state index contributed by atoms with van der Waals surface area (Å²) in [6, 6.07) is 14.8. The smallest absolute Gasteiger partial charge is 0.315 e. The number of benzene rings is 2. The van der Waals surface area contributed by atoms with Crippen molar-refractivity contribution in [2.24, 2.45) is 0 Å². The Balaban J connectivity index is 1.76. The first-order valence-electron chi connectivity index (χ1n) is 8.63. The van der Waals surface area contributed by atoms with Gasteiger partial charge in [-0.25, -0.2) is 4.79 Å². The van der Waals surface area contributed by atoms with Crippen molar-refractivity contribution in [2.45, 2.75) is 57.5 Å². The Morgan fingerprint density at radius 2 is 1.70 bits per heavy atom. The molecular formula is C20H26N2O. The van der Waals surface area contributed by atoms with Gasteiger partial charge >= 0.3 is 6.03 Å². The normalized spacial score (nSPS) is 16.3. The molecule has 0 saturated heterocycles. The monoisotopic (exact) mass is 310 g/mol. The molecule has 3 heteroatoms. The van der Waals surface area contributed by atoms with Crippen LogP contribution >= 0.6 is 0 Å². The molecule has 2 aromatic rings. The molecule has 23 heavy (non-hydrogen) atoms. The maximum Gasteiger partial charge on any atom is 0.315 e. The van der Waals surface area contributed by atoms with Crippen LogP contribution in [0.3, 0.4) is 0 Å². The average Bonchev–Trinajstić information content (AvgIpc) is 2.54. The van der Waals surface area contributed by atoms with E-state index in [-0.39, 0.29) is 6.03 Å². The number of carbonyl (C=O) groups excluding carboxylic acids is 1. The van der Waals surface area contributed by atoms with E-state index < -0.39 is 5.54 Å².